The predicted molar refractivity (Wildman–Crippen MR) is 66.4 cm³/mol. The Hall–Kier alpha value is -1.15. The summed E-state index contributed by atoms with van der Waals surface area (Å²) in [6, 6.07) is 0. The molecule has 1 N–H and O–H groups in total. The molecule has 2 heteroatoms. The van der Waals surface area contributed by atoms with E-state index in [1.54, 1.807) is 6.92 Å². The van der Waals surface area contributed by atoms with Gasteiger partial charge in [0, 0.05) is 16.4 Å². The quantitative estimate of drug-likeness (QED) is 0.694. The molecule has 3 rings (SSSR count). The molecule has 3 aliphatic rings. The number of aliphatic hydroxyl groups is 1. The third-order valence-electron chi connectivity index (χ3n) is 4.59. The van der Waals surface area contributed by atoms with Gasteiger partial charge in [-0.1, -0.05) is 32.6 Å². The van der Waals surface area contributed by atoms with Crippen LogP contribution in [0.5, 0.6) is 0 Å². The minimum atomic E-state index is -1.27. The standard InChI is InChI=1S/C15H18O2/c1-9-10-7-13(2,3)8-11(10)12(16)14(4,17)15(9)5-6-15/h7-8,17H,1,5-6H2,2-4H3/t14-/m0/s1. The van der Waals surface area contributed by atoms with Gasteiger partial charge < -0.3 is 5.11 Å². The normalized spacial score (nSPS) is 36.7. The lowest BCUT2D eigenvalue weighted by Gasteiger charge is -2.39. The molecule has 17 heavy (non-hydrogen) atoms. The zero-order chi connectivity index (χ0) is 12.6. The molecule has 0 aromatic heterocycles. The first-order valence-corrected chi connectivity index (χ1v) is 6.14. The molecule has 1 atom stereocenters. The zero-order valence-corrected chi connectivity index (χ0v) is 10.6. The maximum absolute atomic E-state index is 12.4. The molecule has 1 spiro atoms. The van der Waals surface area contributed by atoms with Crippen LogP contribution in [0.3, 0.4) is 0 Å². The third-order valence-corrected chi connectivity index (χ3v) is 4.59. The number of hydrogen-bond donors (Lipinski definition) is 1. The van der Waals surface area contributed by atoms with Gasteiger partial charge in [-0.2, -0.15) is 0 Å². The van der Waals surface area contributed by atoms with Crippen molar-refractivity contribution >= 4 is 5.78 Å². The lowest BCUT2D eigenvalue weighted by molar-refractivity contribution is -0.137. The molecular weight excluding hydrogens is 212 g/mol. The highest BCUT2D eigenvalue weighted by atomic mass is 16.3. The highest BCUT2D eigenvalue weighted by Gasteiger charge is 2.66. The Morgan fingerprint density at radius 3 is 2.24 bits per heavy atom. The SMILES string of the molecule is C=C1C2=CC(C)(C)C=C2C(=O)[C@](C)(O)C12CC2. The Balaban J connectivity index is 2.21. The number of hydrogen-bond acceptors (Lipinski definition) is 2. The summed E-state index contributed by atoms with van der Waals surface area (Å²) in [6.07, 6.45) is 5.81. The number of Topliss-reactive ketones (excluding diaryl/α,β-unsaturated/α-hetero) is 1. The molecule has 0 bridgehead atoms. The van der Waals surface area contributed by atoms with Crippen LogP contribution in [0.1, 0.15) is 33.6 Å². The summed E-state index contributed by atoms with van der Waals surface area (Å²) < 4.78 is 0. The molecule has 3 aliphatic carbocycles. The van der Waals surface area contributed by atoms with E-state index in [1.165, 1.54) is 0 Å². The minimum Gasteiger partial charge on any atom is -0.381 e. The van der Waals surface area contributed by atoms with Crippen LogP contribution in [-0.2, 0) is 4.79 Å². The van der Waals surface area contributed by atoms with Crippen LogP contribution in [-0.4, -0.2) is 16.5 Å². The van der Waals surface area contributed by atoms with Gasteiger partial charge in [0.1, 0.15) is 5.60 Å². The lowest BCUT2D eigenvalue weighted by Crippen LogP contribution is -2.50. The van der Waals surface area contributed by atoms with Gasteiger partial charge >= 0.3 is 0 Å². The Morgan fingerprint density at radius 2 is 1.71 bits per heavy atom. The van der Waals surface area contributed by atoms with Gasteiger partial charge in [0.05, 0.1) is 0 Å². The second-order valence-corrected chi connectivity index (χ2v) is 6.40. The number of rotatable bonds is 0. The van der Waals surface area contributed by atoms with Crippen molar-refractivity contribution < 1.29 is 9.90 Å². The predicted octanol–water partition coefficient (Wildman–Crippen LogP) is 2.55. The molecule has 2 nitrogen and oxygen atoms in total. The molecular formula is C15H18O2. The molecule has 0 saturated heterocycles. The van der Waals surface area contributed by atoms with Crippen molar-refractivity contribution in [2.75, 3.05) is 0 Å². The first-order chi connectivity index (χ1) is 7.71. The zero-order valence-electron chi connectivity index (χ0n) is 10.6. The Labute approximate surface area is 102 Å². The van der Waals surface area contributed by atoms with E-state index < -0.39 is 5.60 Å². The average molecular weight is 230 g/mol. The highest BCUT2D eigenvalue weighted by molar-refractivity contribution is 6.10. The third kappa shape index (κ3) is 1.12. The Morgan fingerprint density at radius 1 is 1.18 bits per heavy atom. The van der Waals surface area contributed by atoms with Crippen molar-refractivity contribution in [3.05, 3.63) is 35.5 Å². The summed E-state index contributed by atoms with van der Waals surface area (Å²) in [4.78, 5) is 12.4. The van der Waals surface area contributed by atoms with Crippen molar-refractivity contribution in [2.45, 2.75) is 39.2 Å². The fourth-order valence-corrected chi connectivity index (χ4v) is 3.32. The monoisotopic (exact) mass is 230 g/mol. The number of fused-ring (bicyclic) bond motifs is 1. The molecule has 0 unspecified atom stereocenters. The van der Waals surface area contributed by atoms with Gasteiger partial charge in [-0.05, 0) is 30.9 Å². The summed E-state index contributed by atoms with van der Waals surface area (Å²) in [7, 11) is 0. The molecule has 0 aliphatic heterocycles. The summed E-state index contributed by atoms with van der Waals surface area (Å²) in [6.45, 7) is 9.93. The molecule has 90 valence electrons. The van der Waals surface area contributed by atoms with E-state index >= 15 is 0 Å². The average Bonchev–Trinajstić information content (AvgIpc) is 2.95. The summed E-state index contributed by atoms with van der Waals surface area (Å²) in [5.74, 6) is -0.126. The fourth-order valence-electron chi connectivity index (χ4n) is 3.32. The maximum Gasteiger partial charge on any atom is 0.195 e. The van der Waals surface area contributed by atoms with E-state index in [-0.39, 0.29) is 16.6 Å². The van der Waals surface area contributed by atoms with Crippen LogP contribution in [0.2, 0.25) is 0 Å². The van der Waals surface area contributed by atoms with E-state index in [0.717, 1.165) is 24.0 Å². The van der Waals surface area contributed by atoms with Crippen LogP contribution < -0.4 is 0 Å². The van der Waals surface area contributed by atoms with Crippen molar-refractivity contribution in [1.29, 1.82) is 0 Å². The highest BCUT2D eigenvalue weighted by Crippen LogP contribution is 2.66. The summed E-state index contributed by atoms with van der Waals surface area (Å²) >= 11 is 0. The van der Waals surface area contributed by atoms with Gasteiger partial charge in [0.15, 0.2) is 5.78 Å². The summed E-state index contributed by atoms with van der Waals surface area (Å²) in [5.41, 5.74) is 0.840. The smallest absolute Gasteiger partial charge is 0.195 e. The van der Waals surface area contributed by atoms with Crippen molar-refractivity contribution in [3.8, 4) is 0 Å². The topological polar surface area (TPSA) is 37.3 Å². The molecule has 0 heterocycles. The molecule has 0 amide bonds. The van der Waals surface area contributed by atoms with Crippen LogP contribution in [0, 0.1) is 10.8 Å². The van der Waals surface area contributed by atoms with Crippen LogP contribution in [0.4, 0.5) is 0 Å². The van der Waals surface area contributed by atoms with Crippen molar-refractivity contribution in [2.24, 2.45) is 10.8 Å². The largest absolute Gasteiger partial charge is 0.381 e. The Bertz CT molecular complexity index is 477. The van der Waals surface area contributed by atoms with E-state index in [2.05, 4.69) is 26.5 Å². The van der Waals surface area contributed by atoms with Crippen LogP contribution >= 0.6 is 0 Å². The van der Waals surface area contributed by atoms with E-state index in [0.29, 0.717) is 5.57 Å². The fraction of sp³-hybridized carbons (Fsp3) is 0.533. The van der Waals surface area contributed by atoms with Gasteiger partial charge in [-0.25, -0.2) is 0 Å². The number of carbonyl (C=O) groups excluding carboxylic acids is 1. The van der Waals surface area contributed by atoms with Gasteiger partial charge in [0.25, 0.3) is 0 Å². The van der Waals surface area contributed by atoms with E-state index in [4.69, 9.17) is 0 Å². The second kappa shape index (κ2) is 2.64. The molecule has 0 aromatic carbocycles. The summed E-state index contributed by atoms with van der Waals surface area (Å²) in [5, 5.41) is 10.5. The van der Waals surface area contributed by atoms with Crippen molar-refractivity contribution in [3.63, 3.8) is 0 Å². The first-order valence-electron chi connectivity index (χ1n) is 6.14. The first kappa shape index (κ1) is 11.0. The number of carbonyl (C=O) groups is 1. The molecule has 0 radical (unpaired) electrons. The Kier molecular flexibility index (Phi) is 1.70. The van der Waals surface area contributed by atoms with E-state index in [1.807, 2.05) is 6.08 Å². The van der Waals surface area contributed by atoms with Gasteiger partial charge in [0.2, 0.25) is 0 Å². The molecule has 0 aromatic rings. The number of ketones is 1. The maximum atomic E-state index is 12.4. The molecule has 2 saturated carbocycles. The van der Waals surface area contributed by atoms with Crippen LogP contribution in [0.15, 0.2) is 35.5 Å². The van der Waals surface area contributed by atoms with Crippen LogP contribution in [0.25, 0.3) is 0 Å². The minimum absolute atomic E-state index is 0.111. The van der Waals surface area contributed by atoms with Crippen molar-refractivity contribution in [1.82, 2.24) is 0 Å². The second-order valence-electron chi connectivity index (χ2n) is 6.40. The van der Waals surface area contributed by atoms with Gasteiger partial charge in [-0.15, -0.1) is 0 Å². The lowest BCUT2D eigenvalue weighted by atomic mass is 9.66. The van der Waals surface area contributed by atoms with E-state index in [9.17, 15) is 9.90 Å². The number of allylic oxidation sites excluding steroid dienone is 3. The van der Waals surface area contributed by atoms with Gasteiger partial charge in [-0.3, -0.25) is 4.79 Å². The molecule has 2 fully saturated rings.